The van der Waals surface area contributed by atoms with Gasteiger partial charge in [-0.2, -0.15) is 0 Å². The summed E-state index contributed by atoms with van der Waals surface area (Å²) in [6.07, 6.45) is -15.3. The number of rotatable bonds is 6. The molecule has 4 aromatic rings. The molecule has 39 heavy (non-hydrogen) atoms. The van der Waals surface area contributed by atoms with E-state index in [1.807, 2.05) is 0 Å². The Labute approximate surface area is 214 Å². The van der Waals surface area contributed by atoms with Crippen molar-refractivity contribution in [2.45, 2.75) is 19.1 Å². The fraction of sp³-hybridized carbons (Fsp3) is 0.115. The lowest BCUT2D eigenvalue weighted by atomic mass is 9.98. The Morgan fingerprint density at radius 1 is 0.436 bits per heavy atom. The molecule has 13 heteroatoms. The molecule has 0 aliphatic carbocycles. The zero-order chi connectivity index (χ0) is 28.4. The van der Waals surface area contributed by atoms with E-state index in [-0.39, 0.29) is 33.6 Å². The second-order valence-electron chi connectivity index (χ2n) is 7.76. The van der Waals surface area contributed by atoms with Crippen molar-refractivity contribution in [3.8, 4) is 50.9 Å². The van der Waals surface area contributed by atoms with Gasteiger partial charge in [0, 0.05) is 16.7 Å². The maximum atomic E-state index is 13.1. The molecule has 0 fully saturated rings. The summed E-state index contributed by atoms with van der Waals surface area (Å²) in [5.41, 5.74) is -1.18. The molecule has 0 aliphatic rings. The molecule has 1 aromatic heterocycles. The summed E-state index contributed by atoms with van der Waals surface area (Å²) in [6.45, 7) is 0. The first kappa shape index (κ1) is 27.6. The van der Waals surface area contributed by atoms with Crippen LogP contribution in [0.25, 0.3) is 33.6 Å². The molecular formula is C26H14F9NO3. The van der Waals surface area contributed by atoms with Gasteiger partial charge in [-0.1, -0.05) is 42.5 Å². The standard InChI is InChI=1S/C26H14F9NO3/c27-24(28,29)37-21-10-4-1-7-16(21)15-13-19(17-8-2-5-11-22(17)38-25(30,31)32)36-20(14-15)18-9-3-6-12-23(18)39-26(33,34)35/h1-14H. The third-order valence-corrected chi connectivity index (χ3v) is 5.03. The molecule has 1 heterocycles. The van der Waals surface area contributed by atoms with Gasteiger partial charge in [0.25, 0.3) is 0 Å². The number of para-hydroxylation sites is 3. The first-order chi connectivity index (χ1) is 18.2. The van der Waals surface area contributed by atoms with Crippen molar-refractivity contribution in [1.29, 1.82) is 0 Å². The molecule has 0 bridgehead atoms. The van der Waals surface area contributed by atoms with Crippen molar-refractivity contribution in [2.24, 2.45) is 0 Å². The highest BCUT2D eigenvalue weighted by molar-refractivity contribution is 5.82. The molecule has 0 saturated heterocycles. The number of aromatic nitrogens is 1. The topological polar surface area (TPSA) is 40.6 Å². The van der Waals surface area contributed by atoms with Crippen molar-refractivity contribution >= 4 is 0 Å². The summed E-state index contributed by atoms with van der Waals surface area (Å²) in [7, 11) is 0. The SMILES string of the molecule is FC(F)(F)Oc1ccccc1-c1cc(-c2ccccc2OC(F)(F)F)nc(-c2ccccc2OC(F)(F)F)c1. The van der Waals surface area contributed by atoms with E-state index < -0.39 is 36.3 Å². The van der Waals surface area contributed by atoms with Gasteiger partial charge in [-0.15, -0.1) is 39.5 Å². The van der Waals surface area contributed by atoms with Crippen LogP contribution in [0.3, 0.4) is 0 Å². The lowest BCUT2D eigenvalue weighted by molar-refractivity contribution is -0.275. The van der Waals surface area contributed by atoms with E-state index in [2.05, 4.69) is 19.2 Å². The minimum absolute atomic E-state index is 0.0570. The molecule has 0 radical (unpaired) electrons. The Morgan fingerprint density at radius 2 is 0.744 bits per heavy atom. The Morgan fingerprint density at radius 3 is 1.10 bits per heavy atom. The quantitative estimate of drug-likeness (QED) is 0.222. The van der Waals surface area contributed by atoms with Crippen LogP contribution in [0.15, 0.2) is 84.9 Å². The molecule has 0 spiro atoms. The van der Waals surface area contributed by atoms with Crippen LogP contribution in [-0.4, -0.2) is 24.1 Å². The van der Waals surface area contributed by atoms with Gasteiger partial charge < -0.3 is 14.2 Å². The molecule has 3 aromatic carbocycles. The van der Waals surface area contributed by atoms with Crippen LogP contribution in [0, 0.1) is 0 Å². The van der Waals surface area contributed by atoms with Crippen LogP contribution in [0.4, 0.5) is 39.5 Å². The molecule has 4 nitrogen and oxygen atoms in total. The molecule has 0 unspecified atom stereocenters. The number of ether oxygens (including phenoxy) is 3. The average molecular weight is 559 g/mol. The van der Waals surface area contributed by atoms with E-state index >= 15 is 0 Å². The second kappa shape index (κ2) is 10.4. The van der Waals surface area contributed by atoms with E-state index in [1.165, 1.54) is 54.6 Å². The van der Waals surface area contributed by atoms with Crippen LogP contribution in [-0.2, 0) is 0 Å². The third-order valence-electron chi connectivity index (χ3n) is 5.03. The Hall–Kier alpha value is -4.42. The fourth-order valence-electron chi connectivity index (χ4n) is 3.66. The first-order valence-electron chi connectivity index (χ1n) is 10.8. The molecule has 0 saturated carbocycles. The van der Waals surface area contributed by atoms with E-state index in [4.69, 9.17) is 0 Å². The Kier molecular flexibility index (Phi) is 7.35. The number of pyridine rings is 1. The van der Waals surface area contributed by atoms with Crippen molar-refractivity contribution in [2.75, 3.05) is 0 Å². The Bertz CT molecular complexity index is 1280. The van der Waals surface area contributed by atoms with E-state index in [0.29, 0.717) is 0 Å². The molecular weight excluding hydrogens is 545 g/mol. The zero-order valence-electron chi connectivity index (χ0n) is 19.2. The highest BCUT2D eigenvalue weighted by Crippen LogP contribution is 2.41. The van der Waals surface area contributed by atoms with Gasteiger partial charge in [-0.25, -0.2) is 4.98 Å². The highest BCUT2D eigenvalue weighted by Gasteiger charge is 2.34. The number of hydrogen-bond acceptors (Lipinski definition) is 4. The molecule has 204 valence electrons. The van der Waals surface area contributed by atoms with Gasteiger partial charge in [-0.3, -0.25) is 0 Å². The lowest BCUT2D eigenvalue weighted by Crippen LogP contribution is -2.18. The molecule has 0 amide bonds. The molecule has 4 rings (SSSR count). The van der Waals surface area contributed by atoms with Crippen molar-refractivity contribution in [3.05, 3.63) is 84.9 Å². The number of halogens is 9. The van der Waals surface area contributed by atoms with Gasteiger partial charge >= 0.3 is 19.1 Å². The molecule has 0 atom stereocenters. The largest absolute Gasteiger partial charge is 0.573 e. The maximum absolute atomic E-state index is 13.1. The van der Waals surface area contributed by atoms with Gasteiger partial charge in [0.2, 0.25) is 0 Å². The molecule has 0 N–H and O–H groups in total. The highest BCUT2D eigenvalue weighted by atomic mass is 19.4. The molecule has 0 aliphatic heterocycles. The first-order valence-corrected chi connectivity index (χ1v) is 10.8. The predicted molar refractivity (Wildman–Crippen MR) is 121 cm³/mol. The van der Waals surface area contributed by atoms with Gasteiger partial charge in [0.05, 0.1) is 11.4 Å². The minimum atomic E-state index is -5.10. The number of nitrogens with zero attached hydrogens (tertiary/aromatic N) is 1. The van der Waals surface area contributed by atoms with Crippen LogP contribution < -0.4 is 14.2 Å². The van der Waals surface area contributed by atoms with Crippen LogP contribution >= 0.6 is 0 Å². The zero-order valence-corrected chi connectivity index (χ0v) is 19.2. The normalized spacial score (nSPS) is 12.2. The van der Waals surface area contributed by atoms with Crippen molar-refractivity contribution in [1.82, 2.24) is 4.98 Å². The van der Waals surface area contributed by atoms with E-state index in [1.54, 1.807) is 0 Å². The van der Waals surface area contributed by atoms with Gasteiger partial charge in [-0.05, 0) is 48.0 Å². The van der Waals surface area contributed by atoms with E-state index in [9.17, 15) is 39.5 Å². The Balaban J connectivity index is 1.98. The summed E-state index contributed by atoms with van der Waals surface area (Å²) in [4.78, 5) is 4.23. The van der Waals surface area contributed by atoms with E-state index in [0.717, 1.165) is 30.3 Å². The van der Waals surface area contributed by atoms with Gasteiger partial charge in [0.1, 0.15) is 17.2 Å². The predicted octanol–water partition coefficient (Wildman–Crippen LogP) is 8.78. The number of benzene rings is 3. The summed E-state index contributed by atoms with van der Waals surface area (Å²) in [5.74, 6) is -2.05. The van der Waals surface area contributed by atoms with Crippen molar-refractivity contribution in [3.63, 3.8) is 0 Å². The summed E-state index contributed by atoms with van der Waals surface area (Å²) >= 11 is 0. The smallest absolute Gasteiger partial charge is 0.405 e. The summed E-state index contributed by atoms with van der Waals surface area (Å²) in [6, 6.07) is 16.8. The fourth-order valence-corrected chi connectivity index (χ4v) is 3.66. The van der Waals surface area contributed by atoms with Crippen LogP contribution in [0.5, 0.6) is 17.2 Å². The summed E-state index contributed by atoms with van der Waals surface area (Å²) < 4.78 is 130. The average Bonchev–Trinajstić information content (AvgIpc) is 2.82. The van der Waals surface area contributed by atoms with Crippen molar-refractivity contribution < 1.29 is 53.7 Å². The lowest BCUT2D eigenvalue weighted by Gasteiger charge is -2.18. The summed E-state index contributed by atoms with van der Waals surface area (Å²) in [5, 5.41) is 0. The monoisotopic (exact) mass is 559 g/mol. The van der Waals surface area contributed by atoms with Crippen LogP contribution in [0.2, 0.25) is 0 Å². The second-order valence-corrected chi connectivity index (χ2v) is 7.76. The number of hydrogen-bond donors (Lipinski definition) is 0. The minimum Gasteiger partial charge on any atom is -0.405 e. The number of alkyl halides is 9. The maximum Gasteiger partial charge on any atom is 0.573 e. The van der Waals surface area contributed by atoms with Crippen LogP contribution in [0.1, 0.15) is 0 Å². The van der Waals surface area contributed by atoms with Gasteiger partial charge in [0.15, 0.2) is 0 Å². The third kappa shape index (κ3) is 7.33.